The van der Waals surface area contributed by atoms with E-state index in [2.05, 4.69) is 23.5 Å². The summed E-state index contributed by atoms with van der Waals surface area (Å²) in [4.78, 5) is 0. The van der Waals surface area contributed by atoms with Crippen LogP contribution in [0.4, 0.5) is 0 Å². The van der Waals surface area contributed by atoms with E-state index in [-0.39, 0.29) is 0 Å². The van der Waals surface area contributed by atoms with Crippen molar-refractivity contribution < 1.29 is 0 Å². The molecule has 0 radical (unpaired) electrons. The standard InChI is InChI=1S/C8H11N/c1-2-4-8-7(3-1)5-6-9-8/h2-4,8-9H,1,5-6H2. The average molecular weight is 121 g/mol. The zero-order valence-corrected chi connectivity index (χ0v) is 5.43. The highest BCUT2D eigenvalue weighted by atomic mass is 14.9. The fourth-order valence-corrected chi connectivity index (χ4v) is 1.51. The molecule has 0 aromatic rings. The van der Waals surface area contributed by atoms with E-state index in [0.29, 0.717) is 6.04 Å². The van der Waals surface area contributed by atoms with Crippen LogP contribution in [0.3, 0.4) is 0 Å². The van der Waals surface area contributed by atoms with Gasteiger partial charge in [-0.1, -0.05) is 23.8 Å². The molecule has 1 aliphatic heterocycles. The molecule has 0 aromatic heterocycles. The normalized spacial score (nSPS) is 32.0. The Hall–Kier alpha value is -0.560. The minimum absolute atomic E-state index is 0.596. The van der Waals surface area contributed by atoms with Crippen molar-refractivity contribution in [2.45, 2.75) is 18.9 Å². The van der Waals surface area contributed by atoms with Gasteiger partial charge < -0.3 is 5.32 Å². The van der Waals surface area contributed by atoms with Gasteiger partial charge in [-0.2, -0.15) is 0 Å². The van der Waals surface area contributed by atoms with Crippen molar-refractivity contribution in [1.29, 1.82) is 0 Å². The predicted octanol–water partition coefficient (Wildman–Crippen LogP) is 1.23. The summed E-state index contributed by atoms with van der Waals surface area (Å²) in [5.74, 6) is 0. The Morgan fingerprint density at radius 2 is 2.56 bits per heavy atom. The Morgan fingerprint density at radius 1 is 1.56 bits per heavy atom. The highest BCUT2D eigenvalue weighted by Crippen LogP contribution is 2.19. The molecule has 0 saturated carbocycles. The van der Waals surface area contributed by atoms with Crippen molar-refractivity contribution in [2.24, 2.45) is 0 Å². The molecule has 1 heterocycles. The van der Waals surface area contributed by atoms with E-state index in [0.717, 1.165) is 6.42 Å². The minimum atomic E-state index is 0.596. The van der Waals surface area contributed by atoms with Gasteiger partial charge in [0, 0.05) is 6.04 Å². The van der Waals surface area contributed by atoms with Crippen LogP contribution in [0.15, 0.2) is 23.8 Å². The zero-order chi connectivity index (χ0) is 6.10. The molecule has 2 rings (SSSR count). The maximum Gasteiger partial charge on any atom is 0.0466 e. The molecule has 1 unspecified atom stereocenters. The van der Waals surface area contributed by atoms with Gasteiger partial charge in [0.2, 0.25) is 0 Å². The average Bonchev–Trinajstić information content (AvgIpc) is 2.33. The van der Waals surface area contributed by atoms with Crippen LogP contribution in [0, 0.1) is 0 Å². The molecule has 48 valence electrons. The second-order valence-electron chi connectivity index (χ2n) is 2.62. The molecule has 1 heteroatoms. The van der Waals surface area contributed by atoms with Gasteiger partial charge >= 0.3 is 0 Å². The molecule has 0 spiro atoms. The largest absolute Gasteiger partial charge is 0.307 e. The summed E-state index contributed by atoms with van der Waals surface area (Å²) in [6, 6.07) is 0.596. The third-order valence-electron chi connectivity index (χ3n) is 2.02. The lowest BCUT2D eigenvalue weighted by Gasteiger charge is -2.09. The predicted molar refractivity (Wildman–Crippen MR) is 38.2 cm³/mol. The number of nitrogens with one attached hydrogen (secondary N) is 1. The van der Waals surface area contributed by atoms with Crippen LogP contribution in [-0.2, 0) is 0 Å². The van der Waals surface area contributed by atoms with Gasteiger partial charge in [-0.05, 0) is 19.4 Å². The smallest absolute Gasteiger partial charge is 0.0466 e. The van der Waals surface area contributed by atoms with Crippen LogP contribution in [0.5, 0.6) is 0 Å². The van der Waals surface area contributed by atoms with Crippen molar-refractivity contribution in [1.82, 2.24) is 5.32 Å². The first-order chi connectivity index (χ1) is 4.47. The van der Waals surface area contributed by atoms with Crippen LogP contribution < -0.4 is 5.32 Å². The minimum Gasteiger partial charge on any atom is -0.307 e. The van der Waals surface area contributed by atoms with E-state index in [4.69, 9.17) is 0 Å². The van der Waals surface area contributed by atoms with E-state index < -0.39 is 0 Å². The second kappa shape index (κ2) is 1.99. The van der Waals surface area contributed by atoms with Gasteiger partial charge in [-0.25, -0.2) is 0 Å². The maximum atomic E-state index is 3.40. The van der Waals surface area contributed by atoms with E-state index in [1.807, 2.05) is 0 Å². The third-order valence-corrected chi connectivity index (χ3v) is 2.02. The monoisotopic (exact) mass is 121 g/mol. The molecule has 0 amide bonds. The van der Waals surface area contributed by atoms with Crippen molar-refractivity contribution >= 4 is 0 Å². The van der Waals surface area contributed by atoms with Gasteiger partial charge in [-0.3, -0.25) is 0 Å². The van der Waals surface area contributed by atoms with E-state index in [9.17, 15) is 0 Å². The summed E-state index contributed by atoms with van der Waals surface area (Å²) >= 11 is 0. The molecule has 1 fully saturated rings. The van der Waals surface area contributed by atoms with Crippen molar-refractivity contribution in [2.75, 3.05) is 6.54 Å². The van der Waals surface area contributed by atoms with Crippen LogP contribution in [0.2, 0.25) is 0 Å². The second-order valence-corrected chi connectivity index (χ2v) is 2.62. The summed E-state index contributed by atoms with van der Waals surface area (Å²) in [5, 5.41) is 3.40. The number of hydrogen-bond acceptors (Lipinski definition) is 1. The lowest BCUT2D eigenvalue weighted by molar-refractivity contribution is 0.766. The Kier molecular flexibility index (Phi) is 1.16. The summed E-state index contributed by atoms with van der Waals surface area (Å²) in [7, 11) is 0. The Bertz CT molecular complexity index is 167. The molecular weight excluding hydrogens is 110 g/mol. The zero-order valence-electron chi connectivity index (χ0n) is 5.43. The summed E-state index contributed by atoms with van der Waals surface area (Å²) < 4.78 is 0. The fourth-order valence-electron chi connectivity index (χ4n) is 1.51. The van der Waals surface area contributed by atoms with Gasteiger partial charge in [0.15, 0.2) is 0 Å². The lowest BCUT2D eigenvalue weighted by Crippen LogP contribution is -2.20. The van der Waals surface area contributed by atoms with Crippen LogP contribution in [0.1, 0.15) is 12.8 Å². The van der Waals surface area contributed by atoms with Crippen LogP contribution in [0.25, 0.3) is 0 Å². The molecular formula is C8H11N. The topological polar surface area (TPSA) is 12.0 Å². The highest BCUT2D eigenvalue weighted by molar-refractivity contribution is 5.27. The first kappa shape index (κ1) is 5.24. The van der Waals surface area contributed by atoms with E-state index >= 15 is 0 Å². The van der Waals surface area contributed by atoms with Crippen LogP contribution in [-0.4, -0.2) is 12.6 Å². The summed E-state index contributed by atoms with van der Waals surface area (Å²) in [6.45, 7) is 1.17. The van der Waals surface area contributed by atoms with Gasteiger partial charge in [0.05, 0.1) is 0 Å². The molecule has 0 aromatic carbocycles. The van der Waals surface area contributed by atoms with Crippen LogP contribution >= 0.6 is 0 Å². The highest BCUT2D eigenvalue weighted by Gasteiger charge is 2.17. The number of hydrogen-bond donors (Lipinski definition) is 1. The first-order valence-electron chi connectivity index (χ1n) is 3.56. The SMILES string of the molecule is C1=CC2NCCC2=CC1. The van der Waals surface area contributed by atoms with Gasteiger partial charge in [0.25, 0.3) is 0 Å². The van der Waals surface area contributed by atoms with E-state index in [1.165, 1.54) is 13.0 Å². The van der Waals surface area contributed by atoms with Crippen molar-refractivity contribution in [3.8, 4) is 0 Å². The van der Waals surface area contributed by atoms with Crippen molar-refractivity contribution in [3.05, 3.63) is 23.8 Å². The molecule has 2 aliphatic rings. The number of allylic oxidation sites excluding steroid dienone is 2. The fraction of sp³-hybridized carbons (Fsp3) is 0.500. The maximum absolute atomic E-state index is 3.40. The molecule has 1 aliphatic carbocycles. The molecule has 1 N–H and O–H groups in total. The van der Waals surface area contributed by atoms with Gasteiger partial charge in [0.1, 0.15) is 0 Å². The Morgan fingerprint density at radius 3 is 3.44 bits per heavy atom. The Balaban J connectivity index is 2.22. The molecule has 0 bridgehead atoms. The molecule has 1 saturated heterocycles. The van der Waals surface area contributed by atoms with Crippen molar-refractivity contribution in [3.63, 3.8) is 0 Å². The van der Waals surface area contributed by atoms with Gasteiger partial charge in [-0.15, -0.1) is 0 Å². The molecule has 1 nitrogen and oxygen atoms in total. The first-order valence-corrected chi connectivity index (χ1v) is 3.56. The van der Waals surface area contributed by atoms with E-state index in [1.54, 1.807) is 5.57 Å². The number of rotatable bonds is 0. The summed E-state index contributed by atoms with van der Waals surface area (Å²) in [6.07, 6.45) is 9.24. The third kappa shape index (κ3) is 0.815. The Labute approximate surface area is 55.5 Å². The summed E-state index contributed by atoms with van der Waals surface area (Å²) in [5.41, 5.74) is 1.59. The lowest BCUT2D eigenvalue weighted by atomic mass is 10.0. The number of fused-ring (bicyclic) bond motifs is 1. The quantitative estimate of drug-likeness (QED) is 0.475. The molecule has 9 heavy (non-hydrogen) atoms. The molecule has 1 atom stereocenters.